The van der Waals surface area contributed by atoms with E-state index >= 15 is 0 Å². The molecule has 0 bridgehead atoms. The van der Waals surface area contributed by atoms with Crippen molar-refractivity contribution in [2.24, 2.45) is 0 Å². The lowest BCUT2D eigenvalue weighted by Crippen LogP contribution is -2.74. The van der Waals surface area contributed by atoms with Crippen molar-refractivity contribution >= 4 is 142 Å². The molecule has 5 heteroatoms. The van der Waals surface area contributed by atoms with Gasteiger partial charge in [-0.25, -0.2) is 0 Å². The lowest BCUT2D eigenvalue weighted by molar-refractivity contribution is 1.18. The molecule has 0 saturated heterocycles. The third kappa shape index (κ3) is 6.34. The van der Waals surface area contributed by atoms with E-state index in [4.69, 9.17) is 0 Å². The molecule has 1 nitrogen and oxygen atoms in total. The van der Waals surface area contributed by atoms with Crippen LogP contribution in [0.5, 0.6) is 0 Å². The summed E-state index contributed by atoms with van der Waals surface area (Å²) in [6, 6.07) is 104. The zero-order valence-electron chi connectivity index (χ0n) is 38.7. The molecule has 14 aromatic rings. The molecule has 0 atom stereocenters. The molecule has 0 saturated carbocycles. The molecule has 0 fully saturated rings. The maximum absolute atomic E-state index is 3.05. The predicted octanol–water partition coefficient (Wildman–Crippen LogP) is 12.3. The smallest absolute Gasteiger partial charge is 0.181 e. The monoisotopic (exact) mass is 971 g/mol. The van der Waals surface area contributed by atoms with E-state index in [1.165, 1.54) is 104 Å². The number of fused-ring (bicyclic) bond motifs is 9. The molecule has 0 spiro atoms. The fourth-order valence-electron chi connectivity index (χ4n) is 12.1. The van der Waals surface area contributed by atoms with Gasteiger partial charge in [-0.1, -0.05) is 237 Å². The SMILES string of the molecule is c1ccc(-n2c3ccc([Si](c4ccccc4)(c4ccccc4)c4cccc5c4sc4ccccc45)cc3c3cc([Si](c4ccccc4)(c4ccccc4)c4cccc5c4sc4ccccc45)ccc32)cc1. The fourth-order valence-corrected chi connectivity index (χ4v) is 25.2. The van der Waals surface area contributed by atoms with Crippen molar-refractivity contribution < 1.29 is 0 Å². The molecule has 0 radical (unpaired) electrons. The second-order valence-corrected chi connectivity index (χ2v) is 28.3. The van der Waals surface area contributed by atoms with Crippen LogP contribution in [0.2, 0.25) is 0 Å². The molecule has 0 aliphatic rings. The van der Waals surface area contributed by atoms with E-state index in [-0.39, 0.29) is 0 Å². The Balaban J connectivity index is 1.13. The van der Waals surface area contributed by atoms with Crippen molar-refractivity contribution in [3.05, 3.63) is 273 Å². The Labute approximate surface area is 422 Å². The summed E-state index contributed by atoms with van der Waals surface area (Å²) >= 11 is 3.89. The van der Waals surface area contributed by atoms with E-state index in [9.17, 15) is 0 Å². The molecule has 0 amide bonds. The molecule has 0 aliphatic carbocycles. The summed E-state index contributed by atoms with van der Waals surface area (Å²) in [6.07, 6.45) is 0. The van der Waals surface area contributed by atoms with Crippen LogP contribution < -0.4 is 41.5 Å². The summed E-state index contributed by atoms with van der Waals surface area (Å²) in [5, 5.41) is 18.9. The molecule has 11 aromatic carbocycles. The third-order valence-electron chi connectivity index (χ3n) is 15.1. The highest BCUT2D eigenvalue weighted by atomic mass is 32.1. The average molecular weight is 972 g/mol. The largest absolute Gasteiger partial charge is 0.309 e. The summed E-state index contributed by atoms with van der Waals surface area (Å²) in [5.74, 6) is 0. The molecule has 0 unspecified atom stereocenters. The zero-order valence-corrected chi connectivity index (χ0v) is 42.4. The van der Waals surface area contributed by atoms with Crippen molar-refractivity contribution in [3.63, 3.8) is 0 Å². The number of thiophene rings is 2. The summed E-state index contributed by atoms with van der Waals surface area (Å²) in [7, 11) is -6.09. The average Bonchev–Trinajstić information content (AvgIpc) is 4.13. The summed E-state index contributed by atoms with van der Waals surface area (Å²) in [6.45, 7) is 0. The van der Waals surface area contributed by atoms with Gasteiger partial charge in [-0.05, 0) is 77.9 Å². The van der Waals surface area contributed by atoms with Crippen LogP contribution in [0.3, 0.4) is 0 Å². The molecular weight excluding hydrogens is 927 g/mol. The van der Waals surface area contributed by atoms with Gasteiger partial charge in [-0.3, -0.25) is 0 Å². The Bertz CT molecular complexity index is 3940. The van der Waals surface area contributed by atoms with E-state index < -0.39 is 16.1 Å². The van der Waals surface area contributed by atoms with Crippen LogP contribution in [0.4, 0.5) is 0 Å². The normalized spacial score (nSPS) is 12.2. The maximum Gasteiger partial charge on any atom is 0.181 e. The molecular formula is C66H45NS2Si2. The first-order valence-corrected chi connectivity index (χ1v) is 30.0. The summed E-state index contributed by atoms with van der Waals surface area (Å²) in [5.41, 5.74) is 3.56. The van der Waals surface area contributed by atoms with Crippen LogP contribution in [-0.2, 0) is 0 Å². The predicted molar refractivity (Wildman–Crippen MR) is 314 cm³/mol. The van der Waals surface area contributed by atoms with E-state index in [0.29, 0.717) is 0 Å². The van der Waals surface area contributed by atoms with Crippen molar-refractivity contribution in [1.29, 1.82) is 0 Å². The van der Waals surface area contributed by atoms with Gasteiger partial charge in [0.15, 0.2) is 16.1 Å². The number of hydrogen-bond acceptors (Lipinski definition) is 2. The van der Waals surface area contributed by atoms with Gasteiger partial charge >= 0.3 is 0 Å². The minimum atomic E-state index is -3.05. The summed E-state index contributed by atoms with van der Waals surface area (Å²) in [4.78, 5) is 0. The number of hydrogen-bond donors (Lipinski definition) is 0. The molecule has 0 aliphatic heterocycles. The minimum absolute atomic E-state index is 1.15. The van der Waals surface area contributed by atoms with Gasteiger partial charge in [-0.15, -0.1) is 22.7 Å². The van der Waals surface area contributed by atoms with Gasteiger partial charge in [0.1, 0.15) is 0 Å². The van der Waals surface area contributed by atoms with Gasteiger partial charge in [-0.2, -0.15) is 0 Å². The molecule has 334 valence electrons. The first-order chi connectivity index (χ1) is 35.2. The third-order valence-corrected chi connectivity index (χ3v) is 27.5. The number of para-hydroxylation sites is 1. The Kier molecular flexibility index (Phi) is 10.0. The Hall–Kier alpha value is -7.91. The van der Waals surface area contributed by atoms with Crippen molar-refractivity contribution in [1.82, 2.24) is 4.57 Å². The number of rotatable bonds is 9. The van der Waals surface area contributed by atoms with Gasteiger partial charge in [0.05, 0.1) is 11.0 Å². The van der Waals surface area contributed by atoms with Gasteiger partial charge in [0, 0.05) is 56.8 Å². The lowest BCUT2D eigenvalue weighted by atomic mass is 10.1. The van der Waals surface area contributed by atoms with Crippen LogP contribution in [0, 0.1) is 0 Å². The molecule has 14 rings (SSSR count). The van der Waals surface area contributed by atoms with Gasteiger partial charge < -0.3 is 4.57 Å². The van der Waals surface area contributed by atoms with Crippen molar-refractivity contribution in [2.75, 3.05) is 0 Å². The van der Waals surface area contributed by atoms with Crippen molar-refractivity contribution in [2.45, 2.75) is 0 Å². The van der Waals surface area contributed by atoms with E-state index in [0.717, 1.165) is 5.69 Å². The number of nitrogens with zero attached hydrogens (tertiary/aromatic N) is 1. The van der Waals surface area contributed by atoms with Crippen LogP contribution in [0.15, 0.2) is 273 Å². The van der Waals surface area contributed by atoms with Gasteiger partial charge in [0.25, 0.3) is 0 Å². The maximum atomic E-state index is 2.61. The van der Waals surface area contributed by atoms with E-state index in [1.807, 2.05) is 22.7 Å². The molecule has 71 heavy (non-hydrogen) atoms. The second-order valence-electron chi connectivity index (χ2n) is 18.7. The van der Waals surface area contributed by atoms with Gasteiger partial charge in [0.2, 0.25) is 0 Å². The van der Waals surface area contributed by atoms with Crippen LogP contribution >= 0.6 is 22.7 Å². The van der Waals surface area contributed by atoms with Crippen molar-refractivity contribution in [3.8, 4) is 5.69 Å². The van der Waals surface area contributed by atoms with Crippen LogP contribution in [0.1, 0.15) is 0 Å². The van der Waals surface area contributed by atoms with Crippen LogP contribution in [-0.4, -0.2) is 20.7 Å². The standard InChI is InChI=1S/C66H45NS2Si2/c1-6-22-46(23-7-1)67-59-42-40-51(70(47-24-8-2-9-25-47,48-26-10-3-11-27-48)63-38-20-34-55-53-32-16-18-36-61(53)68-65(55)63)44-57(59)58-45-52(41-43-60(58)67)71(49-28-12-4-13-29-49,50-30-14-5-15-31-50)64-39-21-35-56-54-33-17-19-37-62(54)69-66(56)64/h1-45H. The highest BCUT2D eigenvalue weighted by molar-refractivity contribution is 7.31. The minimum Gasteiger partial charge on any atom is -0.309 e. The zero-order chi connectivity index (χ0) is 46.9. The lowest BCUT2D eigenvalue weighted by Gasteiger charge is -2.35. The number of aromatic nitrogens is 1. The highest BCUT2D eigenvalue weighted by Crippen LogP contribution is 2.37. The number of benzene rings is 11. The molecule has 0 N–H and O–H groups in total. The quantitative estimate of drug-likeness (QED) is 0.100. The van der Waals surface area contributed by atoms with E-state index in [2.05, 4.69) is 278 Å². The second kappa shape index (κ2) is 16.9. The van der Waals surface area contributed by atoms with E-state index in [1.54, 1.807) is 0 Å². The molecule has 3 aromatic heterocycles. The Morgan fingerprint density at radius 1 is 0.254 bits per heavy atom. The Morgan fingerprint density at radius 3 is 0.986 bits per heavy atom. The summed E-state index contributed by atoms with van der Waals surface area (Å²) < 4.78 is 7.89. The highest BCUT2D eigenvalue weighted by Gasteiger charge is 2.45. The first kappa shape index (κ1) is 42.0. The Morgan fingerprint density at radius 2 is 0.592 bits per heavy atom. The molecule has 3 heterocycles. The topological polar surface area (TPSA) is 4.93 Å². The van der Waals surface area contributed by atoms with Crippen LogP contribution in [0.25, 0.3) is 67.8 Å². The fraction of sp³-hybridized carbons (Fsp3) is 0. The first-order valence-electron chi connectivity index (χ1n) is 24.4.